The van der Waals surface area contributed by atoms with Crippen LogP contribution in [0.4, 0.5) is 5.82 Å². The smallest absolute Gasteiger partial charge is 0.159 e. The van der Waals surface area contributed by atoms with E-state index in [-0.39, 0.29) is 5.54 Å². The van der Waals surface area contributed by atoms with Crippen LogP contribution in [0.2, 0.25) is 0 Å². The lowest BCUT2D eigenvalue weighted by molar-refractivity contribution is 0.418. The van der Waals surface area contributed by atoms with Crippen molar-refractivity contribution in [2.75, 3.05) is 5.32 Å². The third-order valence-electron chi connectivity index (χ3n) is 3.40. The Balaban J connectivity index is 3.05. The number of nitrogens with two attached hydrogens (primary N) is 1. The third-order valence-corrected chi connectivity index (χ3v) is 3.62. The molecule has 0 radical (unpaired) electrons. The largest absolute Gasteiger partial charge is 0.389 e. The predicted octanol–water partition coefficient (Wildman–Crippen LogP) is 2.49. The molecular formula is C12H20N4S. The molecule has 0 aliphatic rings. The molecule has 0 unspecified atom stereocenters. The molecule has 5 heteroatoms. The number of hydrogen-bond donors (Lipinski definition) is 2. The maximum atomic E-state index is 5.68. The van der Waals surface area contributed by atoms with Crippen molar-refractivity contribution >= 4 is 23.0 Å². The van der Waals surface area contributed by atoms with E-state index in [4.69, 9.17) is 18.0 Å². The van der Waals surface area contributed by atoms with Crippen LogP contribution in [0.5, 0.6) is 0 Å². The van der Waals surface area contributed by atoms with Crippen molar-refractivity contribution in [2.45, 2.75) is 45.6 Å². The number of hydrogen-bond acceptors (Lipinski definition) is 4. The highest BCUT2D eigenvalue weighted by molar-refractivity contribution is 7.80. The van der Waals surface area contributed by atoms with Crippen LogP contribution >= 0.6 is 12.2 Å². The summed E-state index contributed by atoms with van der Waals surface area (Å²) in [5, 5.41) is 11.4. The maximum absolute atomic E-state index is 5.68. The maximum Gasteiger partial charge on any atom is 0.159 e. The molecule has 0 aliphatic carbocycles. The van der Waals surface area contributed by atoms with Crippen molar-refractivity contribution in [1.82, 2.24) is 10.2 Å². The van der Waals surface area contributed by atoms with Crippen molar-refractivity contribution in [1.29, 1.82) is 0 Å². The Morgan fingerprint density at radius 2 is 1.94 bits per heavy atom. The number of aromatic nitrogens is 2. The van der Waals surface area contributed by atoms with Gasteiger partial charge in [0.2, 0.25) is 0 Å². The summed E-state index contributed by atoms with van der Waals surface area (Å²) in [4.78, 5) is 0.347. The van der Waals surface area contributed by atoms with Gasteiger partial charge in [-0.1, -0.05) is 33.0 Å². The first kappa shape index (κ1) is 13.8. The van der Waals surface area contributed by atoms with E-state index in [1.54, 1.807) is 12.3 Å². The molecule has 0 fully saturated rings. The first-order valence-electron chi connectivity index (χ1n) is 5.98. The van der Waals surface area contributed by atoms with Gasteiger partial charge in [0.25, 0.3) is 0 Å². The second kappa shape index (κ2) is 5.91. The zero-order chi connectivity index (χ0) is 12.9. The fourth-order valence-electron chi connectivity index (χ4n) is 1.89. The van der Waals surface area contributed by atoms with E-state index in [1.807, 2.05) is 0 Å². The average Bonchev–Trinajstić information content (AvgIpc) is 2.36. The summed E-state index contributed by atoms with van der Waals surface area (Å²) in [7, 11) is 0. The van der Waals surface area contributed by atoms with Crippen molar-refractivity contribution in [2.24, 2.45) is 5.73 Å². The van der Waals surface area contributed by atoms with Crippen LogP contribution in [0.15, 0.2) is 12.3 Å². The summed E-state index contributed by atoms with van der Waals surface area (Å²) in [6.45, 7) is 6.49. The Labute approximate surface area is 108 Å². The highest BCUT2D eigenvalue weighted by Gasteiger charge is 2.25. The van der Waals surface area contributed by atoms with E-state index >= 15 is 0 Å². The monoisotopic (exact) mass is 252 g/mol. The standard InChI is InChI=1S/C12H20N4S/c1-4-12(5-2,6-3)15-11-9(10(13)17)7-8-14-16-11/h7-8H,4-6H2,1-3H3,(H2,13,17)(H,15,16). The molecule has 94 valence electrons. The summed E-state index contributed by atoms with van der Waals surface area (Å²) in [6.07, 6.45) is 4.67. The molecule has 0 amide bonds. The molecule has 0 bridgehead atoms. The Bertz CT molecular complexity index is 380. The fourth-order valence-corrected chi connectivity index (χ4v) is 2.05. The van der Waals surface area contributed by atoms with E-state index in [9.17, 15) is 0 Å². The van der Waals surface area contributed by atoms with Gasteiger partial charge in [0.1, 0.15) is 4.99 Å². The molecule has 1 rings (SSSR count). The summed E-state index contributed by atoms with van der Waals surface area (Å²) >= 11 is 5.02. The molecule has 0 spiro atoms. The fraction of sp³-hybridized carbons (Fsp3) is 0.583. The van der Waals surface area contributed by atoms with E-state index in [0.29, 0.717) is 10.8 Å². The van der Waals surface area contributed by atoms with E-state index in [1.165, 1.54) is 0 Å². The number of anilines is 1. The Morgan fingerprint density at radius 3 is 2.41 bits per heavy atom. The van der Waals surface area contributed by atoms with Crippen LogP contribution in [0, 0.1) is 0 Å². The van der Waals surface area contributed by atoms with Gasteiger partial charge < -0.3 is 11.1 Å². The lowest BCUT2D eigenvalue weighted by atomic mass is 9.89. The lowest BCUT2D eigenvalue weighted by Gasteiger charge is -2.32. The predicted molar refractivity (Wildman–Crippen MR) is 75.1 cm³/mol. The summed E-state index contributed by atoms with van der Waals surface area (Å²) in [6, 6.07) is 1.80. The van der Waals surface area contributed by atoms with Crippen LogP contribution < -0.4 is 11.1 Å². The number of thiocarbonyl (C=S) groups is 1. The normalized spacial score (nSPS) is 11.2. The van der Waals surface area contributed by atoms with Crippen molar-refractivity contribution < 1.29 is 0 Å². The van der Waals surface area contributed by atoms with Crippen LogP contribution in [-0.2, 0) is 0 Å². The van der Waals surface area contributed by atoms with Crippen molar-refractivity contribution in [3.63, 3.8) is 0 Å². The van der Waals surface area contributed by atoms with Gasteiger partial charge in [-0.25, -0.2) is 0 Å². The Kier molecular flexibility index (Phi) is 4.81. The lowest BCUT2D eigenvalue weighted by Crippen LogP contribution is -2.37. The Morgan fingerprint density at radius 1 is 1.35 bits per heavy atom. The van der Waals surface area contributed by atoms with Gasteiger partial charge in [0.15, 0.2) is 5.82 Å². The zero-order valence-electron chi connectivity index (χ0n) is 10.7. The second-order valence-electron chi connectivity index (χ2n) is 4.12. The molecule has 1 heterocycles. The molecule has 0 saturated heterocycles. The van der Waals surface area contributed by atoms with Crippen LogP contribution in [0.25, 0.3) is 0 Å². The highest BCUT2D eigenvalue weighted by atomic mass is 32.1. The SMILES string of the molecule is CCC(CC)(CC)Nc1nnccc1C(N)=S. The second-order valence-corrected chi connectivity index (χ2v) is 4.56. The first-order chi connectivity index (χ1) is 8.08. The minimum Gasteiger partial charge on any atom is -0.389 e. The Hall–Kier alpha value is -1.23. The minimum atomic E-state index is 0.0373. The molecule has 0 aliphatic heterocycles. The molecule has 17 heavy (non-hydrogen) atoms. The molecule has 1 aromatic rings. The van der Waals surface area contributed by atoms with Gasteiger partial charge in [0.05, 0.1) is 11.8 Å². The minimum absolute atomic E-state index is 0.0373. The van der Waals surface area contributed by atoms with E-state index in [0.717, 1.165) is 24.8 Å². The van der Waals surface area contributed by atoms with Gasteiger partial charge in [0, 0.05) is 5.54 Å². The molecule has 0 atom stereocenters. The van der Waals surface area contributed by atoms with Crippen molar-refractivity contribution in [3.05, 3.63) is 17.8 Å². The topological polar surface area (TPSA) is 63.8 Å². The first-order valence-corrected chi connectivity index (χ1v) is 6.39. The van der Waals surface area contributed by atoms with Gasteiger partial charge in [-0.3, -0.25) is 0 Å². The van der Waals surface area contributed by atoms with E-state index < -0.39 is 0 Å². The average molecular weight is 252 g/mol. The highest BCUT2D eigenvalue weighted by Crippen LogP contribution is 2.25. The summed E-state index contributed by atoms with van der Waals surface area (Å²) < 4.78 is 0. The molecule has 0 aromatic carbocycles. The third kappa shape index (κ3) is 3.12. The molecule has 1 aromatic heterocycles. The number of nitrogens with zero attached hydrogens (tertiary/aromatic N) is 2. The van der Waals surface area contributed by atoms with Crippen molar-refractivity contribution in [3.8, 4) is 0 Å². The van der Waals surface area contributed by atoms with Crippen LogP contribution in [0.1, 0.15) is 45.6 Å². The summed E-state index contributed by atoms with van der Waals surface area (Å²) in [5.41, 5.74) is 6.48. The van der Waals surface area contributed by atoms with Gasteiger partial charge in [-0.2, -0.15) is 5.10 Å². The van der Waals surface area contributed by atoms with Crippen LogP contribution in [0.3, 0.4) is 0 Å². The van der Waals surface area contributed by atoms with Gasteiger partial charge in [-0.15, -0.1) is 5.10 Å². The quantitative estimate of drug-likeness (QED) is 0.762. The molecule has 3 N–H and O–H groups in total. The van der Waals surface area contributed by atoms with Gasteiger partial charge >= 0.3 is 0 Å². The van der Waals surface area contributed by atoms with Gasteiger partial charge in [-0.05, 0) is 25.3 Å². The summed E-state index contributed by atoms with van der Waals surface area (Å²) in [5.74, 6) is 0.686. The number of nitrogens with one attached hydrogen (secondary N) is 1. The molecular weight excluding hydrogens is 232 g/mol. The van der Waals surface area contributed by atoms with E-state index in [2.05, 4.69) is 36.3 Å². The zero-order valence-corrected chi connectivity index (χ0v) is 11.5. The number of rotatable bonds is 6. The molecule has 4 nitrogen and oxygen atoms in total. The van der Waals surface area contributed by atoms with Crippen LogP contribution in [-0.4, -0.2) is 20.7 Å². The molecule has 0 saturated carbocycles.